The van der Waals surface area contributed by atoms with Crippen LogP contribution < -0.4 is 9.46 Å². The van der Waals surface area contributed by atoms with Crippen molar-refractivity contribution in [1.82, 2.24) is 4.72 Å². The van der Waals surface area contributed by atoms with Crippen LogP contribution in [-0.4, -0.2) is 15.0 Å². The summed E-state index contributed by atoms with van der Waals surface area (Å²) >= 11 is 0. The molecule has 0 saturated heterocycles. The molecule has 0 saturated carbocycles. The van der Waals surface area contributed by atoms with Gasteiger partial charge in [0.2, 0.25) is 10.0 Å². The maximum Gasteiger partial charge on any atom is 0.387 e. The van der Waals surface area contributed by atoms with Crippen molar-refractivity contribution in [2.45, 2.75) is 31.4 Å². The number of aryl methyl sites for hydroxylation is 1. The minimum absolute atomic E-state index is 0.0149. The molecule has 0 bridgehead atoms. The molecular formula is C16H17F2NO3S. The maximum absolute atomic E-state index is 12.3. The Morgan fingerprint density at radius 2 is 1.74 bits per heavy atom. The van der Waals surface area contributed by atoms with E-state index in [9.17, 15) is 17.2 Å². The Labute approximate surface area is 134 Å². The van der Waals surface area contributed by atoms with Gasteiger partial charge >= 0.3 is 6.61 Å². The number of hydrogen-bond acceptors (Lipinski definition) is 3. The van der Waals surface area contributed by atoms with Crippen LogP contribution in [0.25, 0.3) is 0 Å². The minimum Gasteiger partial charge on any atom is -0.435 e. The maximum atomic E-state index is 12.3. The molecule has 0 fully saturated rings. The quantitative estimate of drug-likeness (QED) is 0.873. The van der Waals surface area contributed by atoms with Gasteiger partial charge in [-0.25, -0.2) is 13.1 Å². The van der Waals surface area contributed by atoms with Gasteiger partial charge in [-0.2, -0.15) is 8.78 Å². The van der Waals surface area contributed by atoms with Gasteiger partial charge in [0.05, 0.1) is 4.90 Å². The normalized spacial score (nSPS) is 13.1. The largest absolute Gasteiger partial charge is 0.435 e. The summed E-state index contributed by atoms with van der Waals surface area (Å²) < 4.78 is 56.0. The Balaban J connectivity index is 2.17. The molecule has 0 aromatic heterocycles. The van der Waals surface area contributed by atoms with Crippen LogP contribution in [0.5, 0.6) is 5.75 Å². The van der Waals surface area contributed by atoms with Gasteiger partial charge in [-0.05, 0) is 43.7 Å². The fourth-order valence-electron chi connectivity index (χ4n) is 2.05. The Bertz CT molecular complexity index is 761. The van der Waals surface area contributed by atoms with Crippen LogP contribution in [0.3, 0.4) is 0 Å². The van der Waals surface area contributed by atoms with Crippen molar-refractivity contribution in [1.29, 1.82) is 0 Å². The fraction of sp³-hybridized carbons (Fsp3) is 0.250. The molecule has 0 radical (unpaired) electrons. The third kappa shape index (κ3) is 4.74. The molecule has 2 aromatic carbocycles. The fourth-order valence-corrected chi connectivity index (χ4v) is 3.28. The molecule has 2 rings (SSSR count). The van der Waals surface area contributed by atoms with Gasteiger partial charge in [0.1, 0.15) is 5.75 Å². The predicted molar refractivity (Wildman–Crippen MR) is 83.0 cm³/mol. The van der Waals surface area contributed by atoms with Gasteiger partial charge in [0.15, 0.2) is 0 Å². The highest BCUT2D eigenvalue weighted by atomic mass is 32.2. The third-order valence-corrected chi connectivity index (χ3v) is 4.80. The molecule has 0 amide bonds. The number of hydrogen-bond donors (Lipinski definition) is 1. The van der Waals surface area contributed by atoms with Crippen LogP contribution in [-0.2, 0) is 10.0 Å². The van der Waals surface area contributed by atoms with E-state index >= 15 is 0 Å². The third-order valence-electron chi connectivity index (χ3n) is 3.25. The smallest absolute Gasteiger partial charge is 0.387 e. The van der Waals surface area contributed by atoms with E-state index < -0.39 is 22.7 Å². The van der Waals surface area contributed by atoms with E-state index in [1.54, 1.807) is 25.1 Å². The van der Waals surface area contributed by atoms with Crippen molar-refractivity contribution in [3.8, 4) is 5.75 Å². The Morgan fingerprint density at radius 3 is 2.35 bits per heavy atom. The summed E-state index contributed by atoms with van der Waals surface area (Å²) in [5.41, 5.74) is 1.48. The predicted octanol–water partition coefficient (Wildman–Crippen LogP) is 3.64. The molecule has 23 heavy (non-hydrogen) atoms. The Kier molecular flexibility index (Phi) is 5.33. The molecule has 124 valence electrons. The standard InChI is InChI=1S/C16H17F2NO3S/c1-11-6-8-15(9-7-11)23(20,21)19-12(2)13-4-3-5-14(10-13)22-16(17)18/h3-10,12,16,19H,1-2H3. The summed E-state index contributed by atoms with van der Waals surface area (Å²) in [6.07, 6.45) is 0. The number of sulfonamides is 1. The molecule has 0 heterocycles. The molecule has 1 N–H and O–H groups in total. The molecule has 0 aliphatic heterocycles. The summed E-state index contributed by atoms with van der Waals surface area (Å²) in [6, 6.07) is 11.8. The van der Waals surface area contributed by atoms with Crippen LogP contribution >= 0.6 is 0 Å². The molecule has 1 unspecified atom stereocenters. The first-order valence-corrected chi connectivity index (χ1v) is 8.40. The highest BCUT2D eigenvalue weighted by Gasteiger charge is 2.18. The van der Waals surface area contributed by atoms with Crippen LogP contribution in [0.2, 0.25) is 0 Å². The Morgan fingerprint density at radius 1 is 1.09 bits per heavy atom. The lowest BCUT2D eigenvalue weighted by atomic mass is 10.1. The van der Waals surface area contributed by atoms with Gasteiger partial charge in [-0.15, -0.1) is 0 Å². The number of benzene rings is 2. The van der Waals surface area contributed by atoms with Crippen molar-refractivity contribution in [2.24, 2.45) is 0 Å². The highest BCUT2D eigenvalue weighted by Crippen LogP contribution is 2.22. The summed E-state index contributed by atoms with van der Waals surface area (Å²) in [5.74, 6) is -0.0149. The second kappa shape index (κ2) is 7.06. The van der Waals surface area contributed by atoms with Gasteiger partial charge in [0, 0.05) is 6.04 Å². The zero-order valence-corrected chi connectivity index (χ0v) is 13.5. The average molecular weight is 341 g/mol. The first-order chi connectivity index (χ1) is 10.8. The molecular weight excluding hydrogens is 324 g/mol. The second-order valence-corrected chi connectivity index (χ2v) is 6.82. The summed E-state index contributed by atoms with van der Waals surface area (Å²) in [6.45, 7) is 0.568. The van der Waals surface area contributed by atoms with Crippen LogP contribution in [0.1, 0.15) is 24.1 Å². The van der Waals surface area contributed by atoms with E-state index in [1.165, 1.54) is 30.3 Å². The van der Waals surface area contributed by atoms with Crippen molar-refractivity contribution in [3.63, 3.8) is 0 Å². The van der Waals surface area contributed by atoms with E-state index in [1.807, 2.05) is 6.92 Å². The number of ether oxygens (including phenoxy) is 1. The first kappa shape index (κ1) is 17.4. The van der Waals surface area contributed by atoms with Crippen LogP contribution in [0.15, 0.2) is 53.4 Å². The Hall–Kier alpha value is -1.99. The summed E-state index contributed by atoms with van der Waals surface area (Å²) in [7, 11) is -3.70. The SMILES string of the molecule is Cc1ccc(S(=O)(=O)NC(C)c2cccc(OC(F)F)c2)cc1. The first-order valence-electron chi connectivity index (χ1n) is 6.92. The summed E-state index contributed by atoms with van der Waals surface area (Å²) in [4.78, 5) is 0.148. The van der Waals surface area contributed by atoms with Crippen molar-refractivity contribution < 1.29 is 21.9 Å². The van der Waals surface area contributed by atoms with Gasteiger partial charge in [0.25, 0.3) is 0 Å². The summed E-state index contributed by atoms with van der Waals surface area (Å²) in [5, 5.41) is 0. The zero-order valence-electron chi connectivity index (χ0n) is 12.7. The zero-order chi connectivity index (χ0) is 17.0. The van der Waals surface area contributed by atoms with Gasteiger partial charge in [-0.3, -0.25) is 0 Å². The van der Waals surface area contributed by atoms with E-state index in [2.05, 4.69) is 9.46 Å². The van der Waals surface area contributed by atoms with E-state index in [4.69, 9.17) is 0 Å². The topological polar surface area (TPSA) is 55.4 Å². The second-order valence-electron chi connectivity index (χ2n) is 5.11. The number of alkyl halides is 2. The molecule has 0 spiro atoms. The average Bonchev–Trinajstić information content (AvgIpc) is 2.47. The van der Waals surface area contributed by atoms with Crippen molar-refractivity contribution in [3.05, 3.63) is 59.7 Å². The lowest BCUT2D eigenvalue weighted by molar-refractivity contribution is -0.0499. The number of halogens is 2. The molecule has 4 nitrogen and oxygen atoms in total. The monoisotopic (exact) mass is 341 g/mol. The van der Waals surface area contributed by atoms with Crippen LogP contribution in [0.4, 0.5) is 8.78 Å². The number of nitrogens with one attached hydrogen (secondary N) is 1. The van der Waals surface area contributed by atoms with Gasteiger partial charge < -0.3 is 4.74 Å². The number of rotatable bonds is 6. The van der Waals surface area contributed by atoms with Crippen molar-refractivity contribution >= 4 is 10.0 Å². The molecule has 7 heteroatoms. The lowest BCUT2D eigenvalue weighted by Gasteiger charge is -2.16. The van der Waals surface area contributed by atoms with E-state index in [0.29, 0.717) is 5.56 Å². The van der Waals surface area contributed by atoms with Crippen molar-refractivity contribution in [2.75, 3.05) is 0 Å². The molecule has 0 aliphatic rings. The van der Waals surface area contributed by atoms with E-state index in [0.717, 1.165) is 5.56 Å². The molecule has 1 atom stereocenters. The van der Waals surface area contributed by atoms with Crippen LogP contribution in [0, 0.1) is 6.92 Å². The highest BCUT2D eigenvalue weighted by molar-refractivity contribution is 7.89. The molecule has 2 aromatic rings. The minimum atomic E-state index is -3.70. The van der Waals surface area contributed by atoms with E-state index in [-0.39, 0.29) is 10.6 Å². The molecule has 0 aliphatic carbocycles. The van der Waals surface area contributed by atoms with Gasteiger partial charge in [-0.1, -0.05) is 29.8 Å². The lowest BCUT2D eigenvalue weighted by Crippen LogP contribution is -2.26.